The first-order valence-corrected chi connectivity index (χ1v) is 6.56. The second kappa shape index (κ2) is 10.2. The maximum Gasteiger partial charge on any atom is 0.387 e. The number of hydrogen-bond donors (Lipinski definition) is 1. The normalized spacial score (nSPS) is 11.3. The van der Waals surface area contributed by atoms with Crippen LogP contribution in [-0.4, -0.2) is 27.9 Å². The second-order valence-corrected chi connectivity index (χ2v) is 3.82. The Labute approximate surface area is 117 Å². The van der Waals surface area contributed by atoms with Gasteiger partial charge in [-0.2, -0.15) is 8.78 Å². The molecule has 9 heteroatoms. The Morgan fingerprint density at radius 2 is 2.10 bits per heavy atom. The number of ether oxygens (including phenoxy) is 2. The van der Waals surface area contributed by atoms with Crippen LogP contribution in [0.3, 0.4) is 0 Å². The summed E-state index contributed by atoms with van der Waals surface area (Å²) in [5.74, 6) is -0.595. The van der Waals surface area contributed by atoms with Crippen molar-refractivity contribution in [3.05, 3.63) is 29.8 Å². The van der Waals surface area contributed by atoms with E-state index in [4.69, 9.17) is 13.5 Å². The van der Waals surface area contributed by atoms with Gasteiger partial charge in [-0.1, -0.05) is 13.0 Å². The van der Waals surface area contributed by atoms with Crippen LogP contribution in [0.25, 0.3) is 0 Å². The van der Waals surface area contributed by atoms with E-state index in [1.165, 1.54) is 24.3 Å². The number of rotatable bonds is 5. The number of nitrogens with two attached hydrogens (primary N) is 1. The molecule has 0 aliphatic heterocycles. The van der Waals surface area contributed by atoms with E-state index in [-0.39, 0.29) is 11.3 Å². The van der Waals surface area contributed by atoms with Gasteiger partial charge in [0.2, 0.25) is 0 Å². The predicted molar refractivity (Wildman–Crippen MR) is 66.8 cm³/mol. The summed E-state index contributed by atoms with van der Waals surface area (Å²) in [6.45, 7) is -0.732. The van der Waals surface area contributed by atoms with E-state index in [1.54, 1.807) is 0 Å². The van der Waals surface area contributed by atoms with Crippen molar-refractivity contribution >= 4 is 17.2 Å². The molecule has 20 heavy (non-hydrogen) atoms. The number of carbonyl (C=O) groups is 1. The molecule has 114 valence electrons. The number of halogens is 2. The van der Waals surface area contributed by atoms with Gasteiger partial charge in [0, 0.05) is 11.3 Å². The molecule has 0 amide bonds. The highest BCUT2D eigenvalue weighted by molar-refractivity contribution is 7.76. The maximum absolute atomic E-state index is 11.9. The maximum atomic E-state index is 11.9. The molecule has 0 spiro atoms. The fourth-order valence-corrected chi connectivity index (χ4v) is 1.08. The minimum atomic E-state index is -2.90. The lowest BCUT2D eigenvalue weighted by Gasteiger charge is -2.06. The monoisotopic (exact) mass is 310 g/mol. The van der Waals surface area contributed by atoms with Crippen molar-refractivity contribution < 1.29 is 31.8 Å². The minimum absolute atomic E-state index is 0.0547. The predicted octanol–water partition coefficient (Wildman–Crippen LogP) is 1.59. The van der Waals surface area contributed by atoms with Gasteiger partial charge in [-0.3, -0.25) is 9.35 Å². The van der Waals surface area contributed by atoms with E-state index in [0.717, 1.165) is 0 Å². The van der Waals surface area contributed by atoms with E-state index in [2.05, 4.69) is 9.88 Å². The highest BCUT2D eigenvalue weighted by atomic mass is 32.2. The summed E-state index contributed by atoms with van der Waals surface area (Å²) in [5.41, 5.74) is 0.201. The van der Waals surface area contributed by atoms with E-state index in [9.17, 15) is 13.6 Å². The first-order chi connectivity index (χ1) is 9.36. The molecule has 0 fully saturated rings. The summed E-state index contributed by atoms with van der Waals surface area (Å²) in [6, 6.07) is 5.52. The highest BCUT2D eigenvalue weighted by Crippen LogP contribution is 2.16. The lowest BCUT2D eigenvalue weighted by molar-refractivity contribution is -0.0499. The summed E-state index contributed by atoms with van der Waals surface area (Å²) < 4.78 is 50.4. The smallest absolute Gasteiger partial charge is 0.387 e. The third-order valence-electron chi connectivity index (χ3n) is 1.73. The van der Waals surface area contributed by atoms with E-state index >= 15 is 0 Å². The lowest BCUT2D eigenvalue weighted by Crippen LogP contribution is -2.07. The molecule has 1 unspecified atom stereocenters. The van der Waals surface area contributed by atoms with Gasteiger partial charge in [0.1, 0.15) is 5.75 Å². The largest absolute Gasteiger partial charge is 0.760 e. The molecule has 0 aliphatic carbocycles. The van der Waals surface area contributed by atoms with Gasteiger partial charge in [-0.05, 0) is 24.6 Å². The molecule has 2 N–H and O–H groups in total. The van der Waals surface area contributed by atoms with Crippen LogP contribution in [0, 0.1) is 0 Å². The van der Waals surface area contributed by atoms with Crippen molar-refractivity contribution in [2.45, 2.75) is 20.0 Å². The van der Waals surface area contributed by atoms with Gasteiger partial charge in [-0.25, -0.2) is 4.79 Å². The molecular formula is C11H14F2NO5S-. The Morgan fingerprint density at radius 3 is 2.60 bits per heavy atom. The summed E-state index contributed by atoms with van der Waals surface area (Å²) in [7, 11) is 0. The van der Waals surface area contributed by atoms with Crippen LogP contribution in [0.15, 0.2) is 24.3 Å². The Hall–Kier alpha value is -1.58. The molecule has 0 aromatic heterocycles. The van der Waals surface area contributed by atoms with Crippen LogP contribution in [-0.2, 0) is 16.0 Å². The van der Waals surface area contributed by atoms with Crippen LogP contribution < -0.4 is 9.88 Å². The van der Waals surface area contributed by atoms with E-state index in [1.807, 2.05) is 6.92 Å². The van der Waals surface area contributed by atoms with Crippen molar-refractivity contribution in [2.24, 2.45) is 5.14 Å². The highest BCUT2D eigenvalue weighted by Gasteiger charge is 2.09. The van der Waals surface area contributed by atoms with Gasteiger partial charge in [0.05, 0.1) is 12.2 Å². The van der Waals surface area contributed by atoms with Crippen molar-refractivity contribution in [2.75, 3.05) is 6.61 Å². The first kappa shape index (κ1) is 18.4. The van der Waals surface area contributed by atoms with Crippen LogP contribution in [0.5, 0.6) is 5.75 Å². The fraction of sp³-hybridized carbons (Fsp3) is 0.364. The molecule has 0 bridgehead atoms. The molecular weight excluding hydrogens is 296 g/mol. The van der Waals surface area contributed by atoms with Crippen molar-refractivity contribution in [3.63, 3.8) is 0 Å². The van der Waals surface area contributed by atoms with Gasteiger partial charge in [0.25, 0.3) is 0 Å². The zero-order valence-electron chi connectivity index (χ0n) is 10.6. The van der Waals surface area contributed by atoms with Gasteiger partial charge in [-0.15, -0.1) is 0 Å². The zero-order valence-corrected chi connectivity index (χ0v) is 11.4. The van der Waals surface area contributed by atoms with Gasteiger partial charge in [0.15, 0.2) is 0 Å². The molecule has 0 saturated heterocycles. The van der Waals surface area contributed by atoms with Crippen LogP contribution >= 0.6 is 0 Å². The summed E-state index contributed by atoms with van der Waals surface area (Å²) in [6.07, 6.45) is 0.707. The third kappa shape index (κ3) is 9.36. The van der Waals surface area contributed by atoms with Crippen LogP contribution in [0.1, 0.15) is 23.7 Å². The third-order valence-corrected chi connectivity index (χ3v) is 1.73. The number of alkyl halides is 2. The average molecular weight is 310 g/mol. The standard InChI is InChI=1S/C11H12F2O3.H3NO2S/c1-2-6-15-10(14)8-4-3-5-9(7-8)16-11(12)13;1-4(2)3/h3-5,7,11H,2,6H2,1H3;1H2,(H,2,3)/p-1. The topological polar surface area (TPSA) is 102 Å². The molecule has 1 rings (SSSR count). The van der Waals surface area contributed by atoms with Gasteiger partial charge >= 0.3 is 12.6 Å². The molecule has 0 radical (unpaired) electrons. The summed E-state index contributed by atoms with van der Waals surface area (Å²) in [5, 5.41) is 4.03. The van der Waals surface area contributed by atoms with Crippen molar-refractivity contribution in [1.82, 2.24) is 0 Å². The van der Waals surface area contributed by atoms with E-state index < -0.39 is 23.8 Å². The van der Waals surface area contributed by atoms with Crippen LogP contribution in [0.2, 0.25) is 0 Å². The quantitative estimate of drug-likeness (QED) is 0.657. The molecule has 6 nitrogen and oxygen atoms in total. The summed E-state index contributed by atoms with van der Waals surface area (Å²) in [4.78, 5) is 11.4. The molecule has 1 atom stereocenters. The molecule has 0 aliphatic rings. The number of esters is 1. The molecule has 1 aromatic carbocycles. The first-order valence-electron chi connectivity index (χ1n) is 5.42. The average Bonchev–Trinajstić information content (AvgIpc) is 2.34. The van der Waals surface area contributed by atoms with E-state index in [0.29, 0.717) is 13.0 Å². The fourth-order valence-electron chi connectivity index (χ4n) is 1.08. The van der Waals surface area contributed by atoms with Crippen molar-refractivity contribution in [1.29, 1.82) is 0 Å². The van der Waals surface area contributed by atoms with Crippen molar-refractivity contribution in [3.8, 4) is 5.75 Å². The molecule has 0 saturated carbocycles. The Morgan fingerprint density at radius 1 is 1.50 bits per heavy atom. The number of benzene rings is 1. The second-order valence-electron chi connectivity index (χ2n) is 3.30. The molecule has 0 heterocycles. The van der Waals surface area contributed by atoms with Gasteiger partial charge < -0.3 is 14.0 Å². The molecule has 1 aromatic rings. The lowest BCUT2D eigenvalue weighted by atomic mass is 10.2. The Balaban J connectivity index is 0.000000796. The zero-order chi connectivity index (χ0) is 15.5. The minimum Gasteiger partial charge on any atom is -0.760 e. The number of hydrogen-bond acceptors (Lipinski definition) is 5. The Kier molecular flexibility index (Phi) is 9.43. The number of carbonyl (C=O) groups excluding carboxylic acids is 1. The van der Waals surface area contributed by atoms with Crippen LogP contribution in [0.4, 0.5) is 8.78 Å². The SMILES string of the molecule is CCCOC(=O)c1cccc(OC(F)F)c1.NS(=O)[O-]. The Bertz CT molecular complexity index is 441. The summed E-state index contributed by atoms with van der Waals surface area (Å²) >= 11 is -2.36.